The summed E-state index contributed by atoms with van der Waals surface area (Å²) in [5, 5.41) is 3.04. The predicted molar refractivity (Wildman–Crippen MR) is 136 cm³/mol. The van der Waals surface area contributed by atoms with Crippen molar-refractivity contribution < 1.29 is 23.9 Å². The van der Waals surface area contributed by atoms with Crippen LogP contribution in [-0.2, 0) is 4.79 Å². The van der Waals surface area contributed by atoms with Crippen LogP contribution < -0.4 is 14.8 Å². The lowest BCUT2D eigenvalue weighted by Gasteiger charge is -2.38. The molecule has 0 spiro atoms. The van der Waals surface area contributed by atoms with Gasteiger partial charge in [0.05, 0.1) is 14.2 Å². The molecule has 2 aliphatic heterocycles. The number of amides is 3. The molecule has 2 aromatic rings. The van der Waals surface area contributed by atoms with E-state index >= 15 is 0 Å². The maximum Gasteiger partial charge on any atom is 0.253 e. The largest absolute Gasteiger partial charge is 0.497 e. The molecule has 3 amide bonds. The van der Waals surface area contributed by atoms with Gasteiger partial charge in [0.1, 0.15) is 17.5 Å². The van der Waals surface area contributed by atoms with Gasteiger partial charge in [-0.25, -0.2) is 0 Å². The SMILES string of the molecule is COc1ccc(C(=O)NC(C(=O)N2CCCCC2)C2CCN(C(=O)c3cccc(OC)c3)CC2)cc1. The first-order valence-corrected chi connectivity index (χ1v) is 12.7. The van der Waals surface area contributed by atoms with Gasteiger partial charge in [0, 0.05) is 37.3 Å². The zero-order valence-electron chi connectivity index (χ0n) is 21.1. The number of carbonyl (C=O) groups excluding carboxylic acids is 3. The number of benzene rings is 2. The van der Waals surface area contributed by atoms with E-state index in [4.69, 9.17) is 9.47 Å². The zero-order chi connectivity index (χ0) is 25.5. The third-order valence-electron chi connectivity index (χ3n) is 7.19. The number of rotatable bonds is 7. The van der Waals surface area contributed by atoms with E-state index in [1.165, 1.54) is 0 Å². The Balaban J connectivity index is 1.46. The van der Waals surface area contributed by atoms with Gasteiger partial charge in [-0.2, -0.15) is 0 Å². The van der Waals surface area contributed by atoms with Crippen molar-refractivity contribution in [2.24, 2.45) is 5.92 Å². The van der Waals surface area contributed by atoms with Gasteiger partial charge in [-0.3, -0.25) is 14.4 Å². The molecule has 0 bridgehead atoms. The molecular weight excluding hydrogens is 458 g/mol. The van der Waals surface area contributed by atoms with Gasteiger partial charge in [0.25, 0.3) is 11.8 Å². The van der Waals surface area contributed by atoms with Crippen molar-refractivity contribution in [3.8, 4) is 11.5 Å². The smallest absolute Gasteiger partial charge is 0.253 e. The standard InChI is InChI=1S/C28H35N3O5/c1-35-23-11-9-21(10-12-23)26(32)29-25(28(34)30-15-4-3-5-16-30)20-13-17-31(18-14-20)27(33)22-7-6-8-24(19-22)36-2/h6-12,19-20,25H,3-5,13-18H2,1-2H3,(H,29,32). The van der Waals surface area contributed by atoms with E-state index in [0.29, 0.717) is 48.6 Å². The van der Waals surface area contributed by atoms with Crippen LogP contribution >= 0.6 is 0 Å². The van der Waals surface area contributed by atoms with Gasteiger partial charge < -0.3 is 24.6 Å². The van der Waals surface area contributed by atoms with E-state index in [1.807, 2.05) is 15.9 Å². The number of carbonyl (C=O) groups is 3. The molecule has 192 valence electrons. The van der Waals surface area contributed by atoms with Crippen molar-refractivity contribution in [1.29, 1.82) is 0 Å². The van der Waals surface area contributed by atoms with Gasteiger partial charge in [-0.05, 0) is 80.5 Å². The molecule has 2 saturated heterocycles. The highest BCUT2D eigenvalue weighted by Gasteiger charge is 2.36. The molecule has 2 aromatic carbocycles. The second-order valence-corrected chi connectivity index (χ2v) is 9.43. The summed E-state index contributed by atoms with van der Waals surface area (Å²) >= 11 is 0. The topological polar surface area (TPSA) is 88.2 Å². The third kappa shape index (κ3) is 5.98. The minimum atomic E-state index is -0.619. The van der Waals surface area contributed by atoms with Gasteiger partial charge in [-0.15, -0.1) is 0 Å². The van der Waals surface area contributed by atoms with Crippen LogP contribution in [0.25, 0.3) is 0 Å². The van der Waals surface area contributed by atoms with Crippen LogP contribution in [0.4, 0.5) is 0 Å². The third-order valence-corrected chi connectivity index (χ3v) is 7.19. The Kier molecular flexibility index (Phi) is 8.46. The molecule has 2 fully saturated rings. The van der Waals surface area contributed by atoms with Gasteiger partial charge in [0.2, 0.25) is 5.91 Å². The number of nitrogens with one attached hydrogen (secondary N) is 1. The Hall–Kier alpha value is -3.55. The average molecular weight is 494 g/mol. The van der Waals surface area contributed by atoms with Crippen molar-refractivity contribution in [2.75, 3.05) is 40.4 Å². The zero-order valence-corrected chi connectivity index (χ0v) is 21.1. The van der Waals surface area contributed by atoms with Crippen LogP contribution in [0.3, 0.4) is 0 Å². The Labute approximate surface area is 212 Å². The van der Waals surface area contributed by atoms with Crippen LogP contribution in [0.15, 0.2) is 48.5 Å². The van der Waals surface area contributed by atoms with Crippen LogP contribution in [0, 0.1) is 5.92 Å². The van der Waals surface area contributed by atoms with Gasteiger partial charge >= 0.3 is 0 Å². The first kappa shape index (κ1) is 25.5. The van der Waals surface area contributed by atoms with E-state index in [0.717, 1.165) is 32.4 Å². The molecular formula is C28H35N3O5. The van der Waals surface area contributed by atoms with Crippen LogP contribution in [-0.4, -0.2) is 74.0 Å². The summed E-state index contributed by atoms with van der Waals surface area (Å²) < 4.78 is 10.4. The molecule has 4 rings (SSSR count). The first-order valence-electron chi connectivity index (χ1n) is 12.7. The monoisotopic (exact) mass is 493 g/mol. The average Bonchev–Trinajstić information content (AvgIpc) is 2.95. The molecule has 2 aliphatic rings. The fourth-order valence-corrected chi connectivity index (χ4v) is 5.03. The molecule has 36 heavy (non-hydrogen) atoms. The molecule has 0 radical (unpaired) electrons. The number of methoxy groups -OCH3 is 2. The second kappa shape index (κ2) is 11.9. The summed E-state index contributed by atoms with van der Waals surface area (Å²) in [5.74, 6) is 0.922. The van der Waals surface area contributed by atoms with Crippen LogP contribution in [0.1, 0.15) is 52.8 Å². The lowest BCUT2D eigenvalue weighted by atomic mass is 9.87. The minimum Gasteiger partial charge on any atom is -0.497 e. The fourth-order valence-electron chi connectivity index (χ4n) is 5.03. The minimum absolute atomic E-state index is 0.0193. The number of ether oxygens (including phenoxy) is 2. The Morgan fingerprint density at radius 2 is 1.47 bits per heavy atom. The van der Waals surface area contributed by atoms with Crippen molar-refractivity contribution in [1.82, 2.24) is 15.1 Å². The maximum absolute atomic E-state index is 13.6. The summed E-state index contributed by atoms with van der Waals surface area (Å²) in [4.78, 5) is 43.4. The lowest BCUT2D eigenvalue weighted by Crippen LogP contribution is -2.55. The van der Waals surface area contributed by atoms with E-state index in [-0.39, 0.29) is 23.6 Å². The van der Waals surface area contributed by atoms with E-state index in [1.54, 1.807) is 56.7 Å². The summed E-state index contributed by atoms with van der Waals surface area (Å²) in [6, 6.07) is 13.4. The lowest BCUT2D eigenvalue weighted by molar-refractivity contribution is -0.136. The van der Waals surface area contributed by atoms with Gasteiger partial charge in [0.15, 0.2) is 0 Å². The van der Waals surface area contributed by atoms with Crippen molar-refractivity contribution in [3.05, 3.63) is 59.7 Å². The number of hydrogen-bond donors (Lipinski definition) is 1. The Bertz CT molecular complexity index is 1060. The molecule has 1 atom stereocenters. The fraction of sp³-hybridized carbons (Fsp3) is 0.464. The molecule has 1 unspecified atom stereocenters. The van der Waals surface area contributed by atoms with Crippen LogP contribution in [0.2, 0.25) is 0 Å². The van der Waals surface area contributed by atoms with Crippen molar-refractivity contribution in [2.45, 2.75) is 38.1 Å². The summed E-state index contributed by atoms with van der Waals surface area (Å²) in [7, 11) is 3.16. The highest BCUT2D eigenvalue weighted by atomic mass is 16.5. The maximum atomic E-state index is 13.6. The predicted octanol–water partition coefficient (Wildman–Crippen LogP) is 3.37. The number of nitrogens with zero attached hydrogens (tertiary/aromatic N) is 2. The Morgan fingerprint density at radius 3 is 2.11 bits per heavy atom. The molecule has 8 nitrogen and oxygen atoms in total. The molecule has 0 aliphatic carbocycles. The van der Waals surface area contributed by atoms with E-state index in [2.05, 4.69) is 5.32 Å². The summed E-state index contributed by atoms with van der Waals surface area (Å²) in [5.41, 5.74) is 1.07. The molecule has 0 saturated carbocycles. The van der Waals surface area contributed by atoms with Crippen LogP contribution in [0.5, 0.6) is 11.5 Å². The molecule has 8 heteroatoms. The normalized spacial score (nSPS) is 17.3. The highest BCUT2D eigenvalue weighted by Crippen LogP contribution is 2.26. The number of likely N-dealkylation sites (tertiary alicyclic amines) is 2. The first-order chi connectivity index (χ1) is 17.5. The molecule has 1 N–H and O–H groups in total. The quantitative estimate of drug-likeness (QED) is 0.639. The van der Waals surface area contributed by atoms with Crippen molar-refractivity contribution >= 4 is 17.7 Å². The highest BCUT2D eigenvalue weighted by molar-refractivity contribution is 5.98. The summed E-state index contributed by atoms with van der Waals surface area (Å²) in [6.07, 6.45) is 4.37. The number of hydrogen-bond acceptors (Lipinski definition) is 5. The van der Waals surface area contributed by atoms with Crippen molar-refractivity contribution in [3.63, 3.8) is 0 Å². The van der Waals surface area contributed by atoms with Gasteiger partial charge in [-0.1, -0.05) is 6.07 Å². The van der Waals surface area contributed by atoms with E-state index in [9.17, 15) is 14.4 Å². The molecule has 0 aromatic heterocycles. The Morgan fingerprint density at radius 1 is 0.806 bits per heavy atom. The second-order valence-electron chi connectivity index (χ2n) is 9.43. The number of piperidine rings is 2. The summed E-state index contributed by atoms with van der Waals surface area (Å²) in [6.45, 7) is 2.51. The molecule has 2 heterocycles. The van der Waals surface area contributed by atoms with E-state index < -0.39 is 6.04 Å².